The zero-order valence-corrected chi connectivity index (χ0v) is 16.4. The molecular formula is C20H22ClN5O3. The summed E-state index contributed by atoms with van der Waals surface area (Å²) in [7, 11) is 0. The third kappa shape index (κ3) is 3.57. The highest BCUT2D eigenvalue weighted by molar-refractivity contribution is 6.30. The number of hydrazine groups is 2. The van der Waals surface area contributed by atoms with Gasteiger partial charge in [0.15, 0.2) is 0 Å². The number of anilines is 2. The molecule has 0 aliphatic carbocycles. The van der Waals surface area contributed by atoms with Gasteiger partial charge < -0.3 is 15.3 Å². The Balaban J connectivity index is 0.00000205. The molecule has 3 heterocycles. The normalized spacial score (nSPS) is 18.9. The Morgan fingerprint density at radius 3 is 2.52 bits per heavy atom. The van der Waals surface area contributed by atoms with Crippen molar-refractivity contribution in [1.82, 2.24) is 10.4 Å². The van der Waals surface area contributed by atoms with Crippen LogP contribution in [0.25, 0.3) is 0 Å². The molecule has 0 radical (unpaired) electrons. The van der Waals surface area contributed by atoms with Crippen LogP contribution in [0.2, 0.25) is 5.02 Å². The highest BCUT2D eigenvalue weighted by Gasteiger charge is 2.38. The Morgan fingerprint density at radius 1 is 1.03 bits per heavy atom. The van der Waals surface area contributed by atoms with Crippen LogP contribution < -0.4 is 15.6 Å². The van der Waals surface area contributed by atoms with Crippen molar-refractivity contribution >= 4 is 34.4 Å². The van der Waals surface area contributed by atoms with E-state index in [4.69, 9.17) is 21.3 Å². The van der Waals surface area contributed by atoms with E-state index >= 15 is 0 Å². The van der Waals surface area contributed by atoms with Gasteiger partial charge in [0.1, 0.15) is 5.70 Å². The molecule has 1 saturated heterocycles. The summed E-state index contributed by atoms with van der Waals surface area (Å²) in [6, 6.07) is 15.2. The van der Waals surface area contributed by atoms with Gasteiger partial charge in [-0.05, 0) is 36.4 Å². The minimum Gasteiger partial charge on any atom is -0.492 e. The molecule has 0 unspecified atom stereocenters. The quantitative estimate of drug-likeness (QED) is 0.799. The number of hydrogen-bond donors (Lipinski definition) is 2. The van der Waals surface area contributed by atoms with Gasteiger partial charge in [-0.1, -0.05) is 23.7 Å². The molecule has 4 N–H and O–H groups in total. The maximum atomic E-state index is 11.1. The number of fused-ring (bicyclic) bond motifs is 3. The summed E-state index contributed by atoms with van der Waals surface area (Å²) < 4.78 is 5.45. The molecule has 152 valence electrons. The molecule has 3 aliphatic heterocycles. The van der Waals surface area contributed by atoms with Crippen LogP contribution in [0.3, 0.4) is 0 Å². The summed E-state index contributed by atoms with van der Waals surface area (Å²) in [5, 5.41) is 15.3. The summed E-state index contributed by atoms with van der Waals surface area (Å²) in [5.41, 5.74) is 7.31. The molecule has 5 rings (SSSR count). The monoisotopic (exact) mass is 415 g/mol. The van der Waals surface area contributed by atoms with Crippen LogP contribution in [0.5, 0.6) is 0 Å². The molecule has 9 heteroatoms. The Kier molecular flexibility index (Phi) is 5.44. The number of nitrogens with one attached hydrogen (secondary N) is 1. The molecule has 0 aromatic heterocycles. The first kappa shape index (κ1) is 19.7. The predicted molar refractivity (Wildman–Crippen MR) is 114 cm³/mol. The summed E-state index contributed by atoms with van der Waals surface area (Å²) >= 11 is 6.02. The molecule has 2 aromatic rings. The van der Waals surface area contributed by atoms with Crippen LogP contribution in [-0.2, 0) is 4.74 Å². The fourth-order valence-electron chi connectivity index (χ4n) is 3.63. The first-order valence-corrected chi connectivity index (χ1v) is 9.61. The Hall–Kier alpha value is -2.62. The highest BCUT2D eigenvalue weighted by atomic mass is 35.5. The van der Waals surface area contributed by atoms with Crippen molar-refractivity contribution in [2.45, 2.75) is 0 Å². The Labute approximate surface area is 173 Å². The zero-order valence-electron chi connectivity index (χ0n) is 15.7. The Morgan fingerprint density at radius 2 is 1.76 bits per heavy atom. The third-order valence-corrected chi connectivity index (χ3v) is 5.31. The maximum absolute atomic E-state index is 11.1. The summed E-state index contributed by atoms with van der Waals surface area (Å²) in [6.45, 7) is 3.78. The number of nitrogens with zero attached hydrogens (tertiary/aromatic N) is 4. The number of aliphatic hydroxyl groups excluding tert-OH is 1. The van der Waals surface area contributed by atoms with Crippen molar-refractivity contribution in [2.75, 3.05) is 42.9 Å². The molecule has 2 aromatic carbocycles. The summed E-state index contributed by atoms with van der Waals surface area (Å²) in [4.78, 5) is 7.15. The van der Waals surface area contributed by atoms with E-state index in [2.05, 4.69) is 10.4 Å². The van der Waals surface area contributed by atoms with E-state index in [0.717, 1.165) is 35.9 Å². The van der Waals surface area contributed by atoms with E-state index in [1.165, 1.54) is 0 Å². The molecular weight excluding hydrogens is 394 g/mol. The number of morpholine rings is 1. The van der Waals surface area contributed by atoms with Crippen LogP contribution >= 0.6 is 11.6 Å². The second kappa shape index (κ2) is 8.02. The number of aliphatic hydroxyl groups is 1. The first-order chi connectivity index (χ1) is 13.7. The second-order valence-corrected chi connectivity index (χ2v) is 7.29. The maximum Gasteiger partial charge on any atom is 0.236 e. The van der Waals surface area contributed by atoms with Gasteiger partial charge in [-0.15, -0.1) is 5.53 Å². The van der Waals surface area contributed by atoms with Gasteiger partial charge in [-0.2, -0.15) is 0 Å². The second-order valence-electron chi connectivity index (χ2n) is 6.86. The number of hydrogen-bond acceptors (Lipinski definition) is 7. The molecule has 0 saturated carbocycles. The van der Waals surface area contributed by atoms with Gasteiger partial charge in [0, 0.05) is 24.7 Å². The average Bonchev–Trinajstić information content (AvgIpc) is 3.07. The van der Waals surface area contributed by atoms with E-state index in [9.17, 15) is 5.11 Å². The molecule has 0 spiro atoms. The van der Waals surface area contributed by atoms with Crippen molar-refractivity contribution in [3.8, 4) is 0 Å². The fraction of sp³-hybridized carbons (Fsp3) is 0.250. The third-order valence-electron chi connectivity index (χ3n) is 5.06. The van der Waals surface area contributed by atoms with Gasteiger partial charge in [0.25, 0.3) is 0 Å². The lowest BCUT2D eigenvalue weighted by molar-refractivity contribution is 0.0453. The minimum absolute atomic E-state index is 0. The van der Waals surface area contributed by atoms with Gasteiger partial charge in [0.05, 0.1) is 36.0 Å². The molecule has 8 nitrogen and oxygen atoms in total. The molecule has 0 bridgehead atoms. The van der Waals surface area contributed by atoms with Crippen molar-refractivity contribution in [3.63, 3.8) is 0 Å². The van der Waals surface area contributed by atoms with E-state index in [-0.39, 0.29) is 11.4 Å². The molecule has 0 amide bonds. The lowest BCUT2D eigenvalue weighted by Gasteiger charge is -2.32. The van der Waals surface area contributed by atoms with Gasteiger partial charge in [0.2, 0.25) is 5.88 Å². The number of ether oxygens (including phenoxy) is 1. The molecule has 29 heavy (non-hydrogen) atoms. The summed E-state index contributed by atoms with van der Waals surface area (Å²) in [5.74, 6) is 0.115. The van der Waals surface area contributed by atoms with Crippen molar-refractivity contribution in [3.05, 3.63) is 65.1 Å². The number of rotatable bonds is 3. The van der Waals surface area contributed by atoms with Crippen LogP contribution in [0.4, 0.5) is 17.1 Å². The smallest absolute Gasteiger partial charge is 0.236 e. The number of benzene rings is 2. The standard InChI is InChI=1S/C20H20ClN5O2.H2O/c21-14-5-7-15(8-6-14)25-20(27)19-17(13-24-9-11-28-12-10-24)22-16-3-1-2-4-18(16)26(19)23-25;/h1-8,23,27H,9-13H2;1H2. The minimum atomic E-state index is 0. The molecule has 3 aliphatic rings. The van der Waals surface area contributed by atoms with E-state index in [0.29, 0.717) is 30.5 Å². The van der Waals surface area contributed by atoms with Gasteiger partial charge in [-0.3, -0.25) is 4.90 Å². The van der Waals surface area contributed by atoms with E-state index in [1.54, 1.807) is 17.1 Å². The van der Waals surface area contributed by atoms with Gasteiger partial charge >= 0.3 is 0 Å². The average molecular weight is 416 g/mol. The predicted octanol–water partition coefficient (Wildman–Crippen LogP) is 2.41. The largest absolute Gasteiger partial charge is 0.492 e. The van der Waals surface area contributed by atoms with E-state index < -0.39 is 0 Å². The van der Waals surface area contributed by atoms with Crippen molar-refractivity contribution in [1.29, 1.82) is 0 Å². The van der Waals surface area contributed by atoms with Crippen LogP contribution in [-0.4, -0.2) is 54.0 Å². The highest BCUT2D eigenvalue weighted by Crippen LogP contribution is 2.39. The van der Waals surface area contributed by atoms with Crippen molar-refractivity contribution in [2.24, 2.45) is 4.99 Å². The topological polar surface area (TPSA) is 95.1 Å². The fourth-order valence-corrected chi connectivity index (χ4v) is 3.76. The van der Waals surface area contributed by atoms with Crippen LogP contribution in [0, 0.1) is 0 Å². The SMILES string of the molecule is O.OC1=C2C(CN3CCOCC3)=Nc3ccccc3N2NN1c1ccc(Cl)cc1. The van der Waals surface area contributed by atoms with Crippen LogP contribution in [0.1, 0.15) is 0 Å². The Bertz CT molecular complexity index is 957. The number of aliphatic imine (C=N–C) groups is 1. The number of halogens is 1. The van der Waals surface area contributed by atoms with Crippen molar-refractivity contribution < 1.29 is 15.3 Å². The van der Waals surface area contributed by atoms with Gasteiger partial charge in [-0.25, -0.2) is 15.0 Å². The summed E-state index contributed by atoms with van der Waals surface area (Å²) in [6.07, 6.45) is 0. The van der Waals surface area contributed by atoms with Crippen LogP contribution in [0.15, 0.2) is 65.1 Å². The molecule has 1 fully saturated rings. The molecule has 0 atom stereocenters. The van der Waals surface area contributed by atoms with E-state index in [1.807, 2.05) is 41.4 Å². The lowest BCUT2D eigenvalue weighted by Crippen LogP contribution is -2.46. The lowest BCUT2D eigenvalue weighted by atomic mass is 10.1. The number of para-hydroxylation sites is 2. The first-order valence-electron chi connectivity index (χ1n) is 9.23. The zero-order chi connectivity index (χ0) is 19.1.